The molecule has 0 unspecified atom stereocenters. The van der Waals surface area contributed by atoms with Crippen molar-refractivity contribution in [1.82, 2.24) is 0 Å². The molecule has 0 aromatic rings. The Hall–Kier alpha value is 1.33. The SMILES string of the molecule is B.[Cr].[Fe].[SiH4]. The van der Waals surface area contributed by atoms with E-state index in [0.29, 0.717) is 0 Å². The van der Waals surface area contributed by atoms with Crippen LogP contribution >= 0.6 is 0 Å². The first kappa shape index (κ1) is 56.3. The Morgan fingerprint density at radius 1 is 1.00 bits per heavy atom. The van der Waals surface area contributed by atoms with Crippen LogP contribution in [0.15, 0.2) is 0 Å². The molecule has 0 heterocycles. The van der Waals surface area contributed by atoms with E-state index in [0.717, 1.165) is 0 Å². The first-order valence-electron chi connectivity index (χ1n) is 0. The van der Waals surface area contributed by atoms with Gasteiger partial charge in [-0.2, -0.15) is 0 Å². The van der Waals surface area contributed by atoms with Gasteiger partial charge in [0.1, 0.15) is 0 Å². The molecule has 0 saturated carbocycles. The van der Waals surface area contributed by atoms with Gasteiger partial charge in [0.25, 0.3) is 0 Å². The largest absolute Gasteiger partial charge is 0.0814 e. The number of rotatable bonds is 0. The second-order valence-corrected chi connectivity index (χ2v) is 0. The van der Waals surface area contributed by atoms with Crippen LogP contribution in [0, 0.1) is 0 Å². The third-order valence-electron chi connectivity index (χ3n) is 0. The van der Waals surface area contributed by atoms with E-state index >= 15 is 0 Å². The molecule has 0 bridgehead atoms. The quantitative estimate of drug-likeness (QED) is 0.334. The van der Waals surface area contributed by atoms with Crippen LogP contribution in [0.5, 0.6) is 0 Å². The molecule has 0 aliphatic rings. The van der Waals surface area contributed by atoms with Crippen LogP contribution in [0.4, 0.5) is 0 Å². The molecule has 0 rings (SSSR count). The van der Waals surface area contributed by atoms with Gasteiger partial charge >= 0.3 is 0 Å². The third-order valence-corrected chi connectivity index (χ3v) is 0. The molecule has 0 aromatic carbocycles. The normalized spacial score (nSPS) is 0. The van der Waals surface area contributed by atoms with Crippen molar-refractivity contribution in [3.8, 4) is 0 Å². The summed E-state index contributed by atoms with van der Waals surface area (Å²) in [5.41, 5.74) is 0. The topological polar surface area (TPSA) is 0 Å². The van der Waals surface area contributed by atoms with Gasteiger partial charge in [-0.25, -0.2) is 0 Å². The summed E-state index contributed by atoms with van der Waals surface area (Å²) in [6.07, 6.45) is 0. The van der Waals surface area contributed by atoms with Gasteiger partial charge in [-0.05, 0) is 11.0 Å². The van der Waals surface area contributed by atoms with E-state index in [2.05, 4.69) is 0 Å². The maximum Gasteiger partial charge on any atom is 0.0814 e. The summed E-state index contributed by atoms with van der Waals surface area (Å²) in [5, 5.41) is 0. The minimum absolute atomic E-state index is 0. The zero-order valence-electron chi connectivity index (χ0n) is 0.762. The van der Waals surface area contributed by atoms with Crippen molar-refractivity contribution >= 4 is 19.4 Å². The smallest absolute Gasteiger partial charge is 0.0149 e. The van der Waals surface area contributed by atoms with Gasteiger partial charge < -0.3 is 0 Å². The van der Waals surface area contributed by atoms with Gasteiger partial charge in [0.2, 0.25) is 0 Å². The summed E-state index contributed by atoms with van der Waals surface area (Å²) in [4.78, 5) is 0. The Morgan fingerprint density at radius 2 is 1.00 bits per heavy atom. The molecule has 0 radical (unpaired) electrons. The first-order valence-corrected chi connectivity index (χ1v) is 0. The van der Waals surface area contributed by atoms with Crippen LogP contribution in [0.2, 0.25) is 0 Å². The summed E-state index contributed by atoms with van der Waals surface area (Å²) in [5.74, 6) is 0. The van der Waals surface area contributed by atoms with E-state index in [1.807, 2.05) is 0 Å². The van der Waals surface area contributed by atoms with Crippen molar-refractivity contribution in [3.05, 3.63) is 0 Å². The van der Waals surface area contributed by atoms with Crippen LogP contribution in [-0.2, 0) is 34.4 Å². The zero-order valence-corrected chi connectivity index (χ0v) is 3.14. The first-order chi connectivity index (χ1) is 0. The second kappa shape index (κ2) is 27.1. The monoisotopic (exact) mass is 154 g/mol. The molecule has 0 amide bonds. The van der Waals surface area contributed by atoms with Gasteiger partial charge in [0.15, 0.2) is 0 Å². The molecular weight excluding hydrogens is 147 g/mol. The van der Waals surface area contributed by atoms with Crippen molar-refractivity contribution in [3.63, 3.8) is 0 Å². The standard InChI is InChI=1S/BH3.Cr.Fe.H4Si/h1H3;;;1H4. The van der Waals surface area contributed by atoms with Crippen LogP contribution in [-0.4, -0.2) is 19.4 Å². The van der Waals surface area contributed by atoms with Crippen LogP contribution in [0.1, 0.15) is 0 Å². The Morgan fingerprint density at radius 3 is 1.00 bits per heavy atom. The summed E-state index contributed by atoms with van der Waals surface area (Å²) < 4.78 is 0. The summed E-state index contributed by atoms with van der Waals surface area (Å²) in [6, 6.07) is 0. The average molecular weight is 154 g/mol. The Bertz CT molecular complexity index is 8.00. The Kier molecular flexibility index (Phi) is 381. The molecule has 0 saturated heterocycles. The predicted molar refractivity (Wildman–Crippen MR) is 21.3 cm³/mol. The maximum atomic E-state index is 0. The molecule has 0 atom stereocenters. The van der Waals surface area contributed by atoms with Crippen LogP contribution < -0.4 is 0 Å². The van der Waals surface area contributed by atoms with E-state index in [1.165, 1.54) is 0 Å². The van der Waals surface area contributed by atoms with Gasteiger partial charge in [0, 0.05) is 34.4 Å². The summed E-state index contributed by atoms with van der Waals surface area (Å²) in [7, 11) is 0. The van der Waals surface area contributed by atoms with Gasteiger partial charge in [-0.1, -0.05) is 0 Å². The molecule has 0 nitrogen and oxygen atoms in total. The minimum Gasteiger partial charge on any atom is -0.0149 e. The van der Waals surface area contributed by atoms with E-state index in [-0.39, 0.29) is 53.8 Å². The van der Waals surface area contributed by atoms with Crippen molar-refractivity contribution in [1.29, 1.82) is 0 Å². The average Bonchev–Trinajstić information content (AvgIpc) is 0. The Balaban J connectivity index is 0. The van der Waals surface area contributed by atoms with E-state index < -0.39 is 0 Å². The fourth-order valence-electron chi connectivity index (χ4n) is 0. The molecule has 0 fully saturated rings. The zero-order chi connectivity index (χ0) is 0. The van der Waals surface area contributed by atoms with Crippen molar-refractivity contribution in [2.24, 2.45) is 0 Å². The van der Waals surface area contributed by atoms with E-state index in [1.54, 1.807) is 0 Å². The molecule has 28 valence electrons. The fourth-order valence-corrected chi connectivity index (χ4v) is 0. The molecular formula is H7BCrFeSi. The minimum atomic E-state index is 0. The molecule has 4 heavy (non-hydrogen) atoms. The van der Waals surface area contributed by atoms with Crippen LogP contribution in [0.25, 0.3) is 0 Å². The predicted octanol–water partition coefficient (Wildman–Crippen LogP) is -2.64. The van der Waals surface area contributed by atoms with Crippen molar-refractivity contribution < 1.29 is 34.4 Å². The van der Waals surface area contributed by atoms with E-state index in [4.69, 9.17) is 0 Å². The van der Waals surface area contributed by atoms with Gasteiger partial charge in [-0.3, -0.25) is 0 Å². The fraction of sp³-hybridized carbons (Fsp3) is 0. The molecule has 0 aromatic heterocycles. The number of hydrogen-bond acceptors (Lipinski definition) is 0. The molecule has 0 N–H and O–H groups in total. The molecule has 0 aliphatic carbocycles. The Labute approximate surface area is 53.9 Å². The maximum absolute atomic E-state index is 0. The summed E-state index contributed by atoms with van der Waals surface area (Å²) >= 11 is 0. The van der Waals surface area contributed by atoms with Crippen molar-refractivity contribution in [2.45, 2.75) is 0 Å². The second-order valence-electron chi connectivity index (χ2n) is 0. The molecule has 0 spiro atoms. The third kappa shape index (κ3) is 10.2. The van der Waals surface area contributed by atoms with E-state index in [9.17, 15) is 0 Å². The van der Waals surface area contributed by atoms with Crippen LogP contribution in [0.3, 0.4) is 0 Å². The van der Waals surface area contributed by atoms with Crippen molar-refractivity contribution in [2.75, 3.05) is 0 Å². The summed E-state index contributed by atoms with van der Waals surface area (Å²) in [6.45, 7) is 0. The molecule has 4 heteroatoms. The van der Waals surface area contributed by atoms with Gasteiger partial charge in [-0.15, -0.1) is 0 Å². The van der Waals surface area contributed by atoms with Gasteiger partial charge in [0.05, 0.1) is 8.41 Å². The number of hydrogen-bond donors (Lipinski definition) is 0. The molecule has 0 aliphatic heterocycles.